The van der Waals surface area contributed by atoms with Crippen LogP contribution in [-0.2, 0) is 25.5 Å². The smallest absolute Gasteiger partial charge is 0.335 e. The molecule has 0 aliphatic carbocycles. The topological polar surface area (TPSA) is 52.6 Å². The summed E-state index contributed by atoms with van der Waals surface area (Å²) in [6.45, 7) is 1.16. The van der Waals surface area contributed by atoms with Crippen molar-refractivity contribution in [2.45, 2.75) is 26.7 Å². The van der Waals surface area contributed by atoms with Gasteiger partial charge >= 0.3 is 11.9 Å². The van der Waals surface area contributed by atoms with E-state index < -0.39 is 24.7 Å². The predicted octanol–water partition coefficient (Wildman–Crippen LogP) is 5.53. The van der Waals surface area contributed by atoms with Crippen molar-refractivity contribution < 1.29 is 19.1 Å². The van der Waals surface area contributed by atoms with Crippen molar-refractivity contribution in [3.05, 3.63) is 127 Å². The first-order valence-corrected chi connectivity index (χ1v) is 15.2. The van der Waals surface area contributed by atoms with Crippen LogP contribution in [0, 0.1) is 5.92 Å². The Kier molecular flexibility index (Phi) is 9.94. The van der Waals surface area contributed by atoms with E-state index in [1.165, 1.54) is 0 Å². The van der Waals surface area contributed by atoms with Crippen molar-refractivity contribution in [3.8, 4) is 0 Å². The lowest BCUT2D eigenvalue weighted by atomic mass is 9.96. The summed E-state index contributed by atoms with van der Waals surface area (Å²) in [7, 11) is 0. The summed E-state index contributed by atoms with van der Waals surface area (Å²) >= 11 is 0. The molecule has 0 N–H and O–H groups in total. The molecule has 0 amide bonds. The first kappa shape index (κ1) is 28.1. The lowest BCUT2D eigenvalue weighted by Crippen LogP contribution is -2.41. The summed E-state index contributed by atoms with van der Waals surface area (Å²) in [5.74, 6) is -1.64. The number of ether oxygens (including phenoxy) is 2. The highest BCUT2D eigenvalue weighted by Crippen LogP contribution is 2.48. The SMILES string of the molecule is CCOC(=O)C(C(CCc1ccccc1)C(=O)OCC)=P(c1ccccc1)(c1ccccc1)c1ccccc1. The molecular weight excluding hydrogens is 503 g/mol. The van der Waals surface area contributed by atoms with Gasteiger partial charge in [0.05, 0.1) is 24.4 Å². The molecule has 4 aromatic rings. The van der Waals surface area contributed by atoms with Crippen LogP contribution in [0.5, 0.6) is 0 Å². The van der Waals surface area contributed by atoms with Gasteiger partial charge in [-0.2, -0.15) is 0 Å². The third-order valence-electron chi connectivity index (χ3n) is 6.74. The Morgan fingerprint density at radius 2 is 1.03 bits per heavy atom. The molecule has 1 unspecified atom stereocenters. The van der Waals surface area contributed by atoms with Crippen LogP contribution in [0.1, 0.15) is 25.8 Å². The van der Waals surface area contributed by atoms with Crippen molar-refractivity contribution >= 4 is 40.0 Å². The van der Waals surface area contributed by atoms with Crippen LogP contribution in [0.3, 0.4) is 0 Å². The van der Waals surface area contributed by atoms with E-state index in [-0.39, 0.29) is 13.2 Å². The minimum atomic E-state index is -2.86. The fraction of sp³-hybridized carbons (Fsp3) is 0.206. The van der Waals surface area contributed by atoms with Crippen LogP contribution in [0.4, 0.5) is 0 Å². The van der Waals surface area contributed by atoms with Crippen molar-refractivity contribution in [2.75, 3.05) is 13.2 Å². The number of hydrogen-bond donors (Lipinski definition) is 0. The standard InChI is InChI=1S/C34H35O4P/c1-3-37-33(35)31(26-25-27-17-9-5-10-18-27)32(34(36)38-4-2)39(28-19-11-6-12-20-28,29-21-13-7-14-22-29)30-23-15-8-16-24-30/h5-24,31H,3-4,25-26H2,1-2H3. The summed E-state index contributed by atoms with van der Waals surface area (Å²) in [4.78, 5) is 28.1. The van der Waals surface area contributed by atoms with E-state index in [4.69, 9.17) is 9.47 Å². The van der Waals surface area contributed by atoms with Gasteiger partial charge in [-0.1, -0.05) is 121 Å². The highest BCUT2D eigenvalue weighted by molar-refractivity contribution is 7.96. The third-order valence-corrected chi connectivity index (χ3v) is 11.2. The van der Waals surface area contributed by atoms with E-state index >= 15 is 0 Å². The van der Waals surface area contributed by atoms with Crippen LogP contribution in [0.25, 0.3) is 0 Å². The molecule has 4 nitrogen and oxygen atoms in total. The molecule has 0 saturated carbocycles. The Morgan fingerprint density at radius 3 is 1.44 bits per heavy atom. The quantitative estimate of drug-likeness (QED) is 0.186. The third kappa shape index (κ3) is 6.24. The summed E-state index contributed by atoms with van der Waals surface area (Å²) < 4.78 is 11.4. The van der Waals surface area contributed by atoms with Crippen LogP contribution >= 0.6 is 6.89 Å². The van der Waals surface area contributed by atoms with Gasteiger partial charge in [0, 0.05) is 0 Å². The molecule has 1 atom stereocenters. The van der Waals surface area contributed by atoms with Gasteiger partial charge < -0.3 is 9.47 Å². The van der Waals surface area contributed by atoms with E-state index in [1.54, 1.807) is 13.8 Å². The van der Waals surface area contributed by atoms with Gasteiger partial charge in [0.25, 0.3) is 0 Å². The number of carbonyl (C=O) groups excluding carboxylic acids is 2. The zero-order valence-electron chi connectivity index (χ0n) is 22.5. The Balaban J connectivity index is 2.15. The molecule has 0 aliphatic heterocycles. The Morgan fingerprint density at radius 1 is 0.615 bits per heavy atom. The predicted molar refractivity (Wildman–Crippen MR) is 162 cm³/mol. The largest absolute Gasteiger partial charge is 0.466 e. The van der Waals surface area contributed by atoms with Crippen LogP contribution in [0.15, 0.2) is 121 Å². The van der Waals surface area contributed by atoms with E-state index in [0.717, 1.165) is 21.5 Å². The van der Waals surface area contributed by atoms with Crippen LogP contribution in [-0.4, -0.2) is 30.4 Å². The molecule has 0 spiro atoms. The second kappa shape index (κ2) is 13.8. The Labute approximate surface area is 231 Å². The van der Waals surface area contributed by atoms with Crippen LogP contribution < -0.4 is 15.9 Å². The lowest BCUT2D eigenvalue weighted by Gasteiger charge is -2.34. The highest BCUT2D eigenvalue weighted by Gasteiger charge is 2.41. The zero-order valence-corrected chi connectivity index (χ0v) is 23.4. The first-order chi connectivity index (χ1) is 19.1. The average molecular weight is 539 g/mol. The molecule has 0 saturated heterocycles. The highest BCUT2D eigenvalue weighted by atomic mass is 31.2. The molecule has 0 bridgehead atoms. The van der Waals surface area contributed by atoms with E-state index in [0.29, 0.717) is 18.1 Å². The fourth-order valence-corrected chi connectivity index (χ4v) is 9.73. The van der Waals surface area contributed by atoms with E-state index in [9.17, 15) is 9.59 Å². The minimum absolute atomic E-state index is 0.203. The van der Waals surface area contributed by atoms with Gasteiger partial charge in [-0.05, 0) is 55.1 Å². The minimum Gasteiger partial charge on any atom is -0.466 e. The van der Waals surface area contributed by atoms with Crippen molar-refractivity contribution in [3.63, 3.8) is 0 Å². The first-order valence-electron chi connectivity index (χ1n) is 13.4. The number of esters is 2. The zero-order chi connectivity index (χ0) is 27.5. The maximum absolute atomic E-state index is 14.2. The van der Waals surface area contributed by atoms with Gasteiger partial charge in [0.2, 0.25) is 0 Å². The van der Waals surface area contributed by atoms with Crippen LogP contribution in [0.2, 0.25) is 0 Å². The van der Waals surface area contributed by atoms with Gasteiger partial charge in [0.1, 0.15) is 0 Å². The molecule has 0 fully saturated rings. The van der Waals surface area contributed by atoms with Gasteiger partial charge in [-0.3, -0.25) is 4.79 Å². The van der Waals surface area contributed by atoms with Gasteiger partial charge in [0.15, 0.2) is 0 Å². The molecule has 4 aromatic carbocycles. The van der Waals surface area contributed by atoms with Crippen molar-refractivity contribution in [1.29, 1.82) is 0 Å². The molecule has 0 aromatic heterocycles. The van der Waals surface area contributed by atoms with Gasteiger partial charge in [-0.15, -0.1) is 0 Å². The fourth-order valence-electron chi connectivity index (χ4n) is 5.10. The molecule has 5 heteroatoms. The number of hydrogen-bond acceptors (Lipinski definition) is 4. The molecule has 39 heavy (non-hydrogen) atoms. The maximum Gasteiger partial charge on any atom is 0.335 e. The van der Waals surface area contributed by atoms with E-state index in [1.807, 2.05) is 84.9 Å². The van der Waals surface area contributed by atoms with Gasteiger partial charge in [-0.25, -0.2) is 4.79 Å². The summed E-state index contributed by atoms with van der Waals surface area (Å²) in [6, 6.07) is 40.2. The number of benzene rings is 4. The molecular formula is C34H35O4P. The molecule has 0 radical (unpaired) electrons. The number of rotatable bonds is 11. The molecule has 4 rings (SSSR count). The van der Waals surface area contributed by atoms with Crippen molar-refractivity contribution in [2.24, 2.45) is 5.92 Å². The molecule has 200 valence electrons. The Bertz CT molecular complexity index is 1300. The summed E-state index contributed by atoms with van der Waals surface area (Å²) in [5, 5.41) is 3.43. The molecule has 0 aliphatic rings. The summed E-state index contributed by atoms with van der Waals surface area (Å²) in [6.07, 6.45) is 1.04. The monoisotopic (exact) mass is 538 g/mol. The number of carbonyl (C=O) groups is 2. The Hall–Kier alpha value is -3.88. The second-order valence-electron chi connectivity index (χ2n) is 9.11. The van der Waals surface area contributed by atoms with E-state index in [2.05, 4.69) is 36.4 Å². The average Bonchev–Trinajstić information content (AvgIpc) is 2.99. The normalized spacial score (nSPS) is 11.8. The summed E-state index contributed by atoms with van der Waals surface area (Å²) in [5.41, 5.74) is 1.10. The molecule has 0 heterocycles. The number of aryl methyl sites for hydroxylation is 1. The lowest BCUT2D eigenvalue weighted by molar-refractivity contribution is -0.147. The second-order valence-corrected chi connectivity index (χ2v) is 12.5. The maximum atomic E-state index is 14.2. The van der Waals surface area contributed by atoms with Crippen molar-refractivity contribution in [1.82, 2.24) is 0 Å².